The monoisotopic (exact) mass is 295 g/mol. The van der Waals surface area contributed by atoms with Crippen LogP contribution in [0.25, 0.3) is 0 Å². The summed E-state index contributed by atoms with van der Waals surface area (Å²) in [6.45, 7) is 3.77. The SMILES string of the molecule is Cc1ccc(NC(=O)c2csc(C(C)N)n2)c(Cl)c1. The summed E-state index contributed by atoms with van der Waals surface area (Å²) in [6.07, 6.45) is 0. The fraction of sp³-hybridized carbons (Fsp3) is 0.231. The van der Waals surface area contributed by atoms with E-state index in [9.17, 15) is 4.79 Å². The summed E-state index contributed by atoms with van der Waals surface area (Å²) < 4.78 is 0. The van der Waals surface area contributed by atoms with Crippen molar-refractivity contribution in [3.63, 3.8) is 0 Å². The van der Waals surface area contributed by atoms with Crippen molar-refractivity contribution >= 4 is 34.5 Å². The molecular weight excluding hydrogens is 282 g/mol. The number of aromatic nitrogens is 1. The second kappa shape index (κ2) is 5.69. The van der Waals surface area contributed by atoms with Crippen LogP contribution in [0.4, 0.5) is 5.69 Å². The van der Waals surface area contributed by atoms with E-state index in [-0.39, 0.29) is 11.9 Å². The zero-order chi connectivity index (χ0) is 14.0. The Morgan fingerprint density at radius 2 is 2.26 bits per heavy atom. The molecule has 6 heteroatoms. The molecule has 0 aliphatic rings. The Bertz CT molecular complexity index is 610. The standard InChI is InChI=1S/C13H14ClN3OS/c1-7-3-4-10(9(14)5-7)16-12(18)11-6-19-13(17-11)8(2)15/h3-6,8H,15H2,1-2H3,(H,16,18). The molecule has 0 aliphatic heterocycles. The number of carbonyl (C=O) groups excluding carboxylic acids is 1. The molecule has 2 rings (SSSR count). The molecule has 0 saturated carbocycles. The van der Waals surface area contributed by atoms with Crippen LogP contribution in [0.1, 0.15) is 34.0 Å². The van der Waals surface area contributed by atoms with E-state index in [0.29, 0.717) is 16.4 Å². The van der Waals surface area contributed by atoms with Crippen molar-refractivity contribution in [1.29, 1.82) is 0 Å². The number of carbonyl (C=O) groups is 1. The zero-order valence-electron chi connectivity index (χ0n) is 10.6. The molecule has 1 amide bonds. The van der Waals surface area contributed by atoms with Crippen molar-refractivity contribution in [2.24, 2.45) is 5.73 Å². The average Bonchev–Trinajstić information content (AvgIpc) is 2.82. The van der Waals surface area contributed by atoms with Crippen LogP contribution in [-0.4, -0.2) is 10.9 Å². The number of hydrogen-bond donors (Lipinski definition) is 2. The average molecular weight is 296 g/mol. The number of benzene rings is 1. The minimum atomic E-state index is -0.283. The van der Waals surface area contributed by atoms with Gasteiger partial charge in [0.15, 0.2) is 0 Å². The number of halogens is 1. The normalized spacial score (nSPS) is 12.2. The number of nitrogens with zero attached hydrogens (tertiary/aromatic N) is 1. The molecule has 1 aromatic heterocycles. The van der Waals surface area contributed by atoms with Gasteiger partial charge in [0, 0.05) is 5.38 Å². The summed E-state index contributed by atoms with van der Waals surface area (Å²) in [5.74, 6) is -0.283. The molecule has 0 saturated heterocycles. The van der Waals surface area contributed by atoms with Crippen molar-refractivity contribution in [1.82, 2.24) is 4.98 Å². The molecule has 1 unspecified atom stereocenters. The molecular formula is C13H14ClN3OS. The van der Waals surface area contributed by atoms with Gasteiger partial charge in [-0.15, -0.1) is 11.3 Å². The van der Waals surface area contributed by atoms with Crippen LogP contribution in [0.5, 0.6) is 0 Å². The van der Waals surface area contributed by atoms with E-state index in [0.717, 1.165) is 10.6 Å². The Balaban J connectivity index is 2.16. The van der Waals surface area contributed by atoms with Gasteiger partial charge < -0.3 is 11.1 Å². The molecule has 1 heterocycles. The minimum absolute atomic E-state index is 0.172. The summed E-state index contributed by atoms with van der Waals surface area (Å²) in [5, 5.41) is 5.68. The quantitative estimate of drug-likeness (QED) is 0.912. The van der Waals surface area contributed by atoms with Gasteiger partial charge in [0.1, 0.15) is 10.7 Å². The molecule has 0 fully saturated rings. The highest BCUT2D eigenvalue weighted by Crippen LogP contribution is 2.24. The van der Waals surface area contributed by atoms with Gasteiger partial charge in [-0.1, -0.05) is 17.7 Å². The third-order valence-electron chi connectivity index (χ3n) is 2.52. The maximum Gasteiger partial charge on any atom is 0.275 e. The Labute approximate surface area is 120 Å². The van der Waals surface area contributed by atoms with E-state index in [1.165, 1.54) is 11.3 Å². The first-order valence-electron chi connectivity index (χ1n) is 5.76. The second-order valence-corrected chi connectivity index (χ2v) is 5.59. The van der Waals surface area contributed by atoms with Crippen LogP contribution in [-0.2, 0) is 0 Å². The summed E-state index contributed by atoms with van der Waals surface area (Å²) >= 11 is 7.44. The van der Waals surface area contributed by atoms with Gasteiger partial charge >= 0.3 is 0 Å². The van der Waals surface area contributed by atoms with Crippen molar-refractivity contribution in [2.75, 3.05) is 5.32 Å². The molecule has 4 nitrogen and oxygen atoms in total. The third kappa shape index (κ3) is 3.32. The maximum atomic E-state index is 12.0. The predicted molar refractivity (Wildman–Crippen MR) is 78.9 cm³/mol. The number of hydrogen-bond acceptors (Lipinski definition) is 4. The fourth-order valence-electron chi connectivity index (χ4n) is 1.51. The molecule has 0 aliphatic carbocycles. The van der Waals surface area contributed by atoms with Crippen molar-refractivity contribution in [3.8, 4) is 0 Å². The molecule has 100 valence electrons. The lowest BCUT2D eigenvalue weighted by atomic mass is 10.2. The smallest absolute Gasteiger partial charge is 0.275 e. The van der Waals surface area contributed by atoms with Crippen molar-refractivity contribution in [2.45, 2.75) is 19.9 Å². The van der Waals surface area contributed by atoms with E-state index in [2.05, 4.69) is 10.3 Å². The van der Waals surface area contributed by atoms with Crippen LogP contribution in [0.3, 0.4) is 0 Å². The summed E-state index contributed by atoms with van der Waals surface area (Å²) in [5.41, 5.74) is 7.69. The maximum absolute atomic E-state index is 12.0. The van der Waals surface area contributed by atoms with Crippen molar-refractivity contribution in [3.05, 3.63) is 44.9 Å². The van der Waals surface area contributed by atoms with Gasteiger partial charge in [-0.25, -0.2) is 4.98 Å². The molecule has 0 bridgehead atoms. The number of rotatable bonds is 3. The number of aryl methyl sites for hydroxylation is 1. The van der Waals surface area contributed by atoms with Gasteiger partial charge in [0.2, 0.25) is 0 Å². The largest absolute Gasteiger partial charge is 0.322 e. The highest BCUT2D eigenvalue weighted by molar-refractivity contribution is 7.09. The Kier molecular flexibility index (Phi) is 4.19. The second-order valence-electron chi connectivity index (χ2n) is 4.30. The lowest BCUT2D eigenvalue weighted by Crippen LogP contribution is -2.13. The van der Waals surface area contributed by atoms with E-state index in [1.54, 1.807) is 17.5 Å². The molecule has 19 heavy (non-hydrogen) atoms. The summed E-state index contributed by atoms with van der Waals surface area (Å²) in [4.78, 5) is 16.2. The third-order valence-corrected chi connectivity index (χ3v) is 3.88. The zero-order valence-corrected chi connectivity index (χ0v) is 12.2. The van der Waals surface area contributed by atoms with E-state index < -0.39 is 0 Å². The number of nitrogens with one attached hydrogen (secondary N) is 1. The number of thiazole rings is 1. The first-order chi connectivity index (χ1) is 8.97. The lowest BCUT2D eigenvalue weighted by molar-refractivity contribution is 0.102. The van der Waals surface area contributed by atoms with Crippen molar-refractivity contribution < 1.29 is 4.79 Å². The van der Waals surface area contributed by atoms with Gasteiger partial charge in [-0.05, 0) is 31.5 Å². The van der Waals surface area contributed by atoms with Crippen LogP contribution in [0, 0.1) is 6.92 Å². The van der Waals surface area contributed by atoms with E-state index in [1.807, 2.05) is 19.9 Å². The van der Waals surface area contributed by atoms with Gasteiger partial charge in [-0.2, -0.15) is 0 Å². The van der Waals surface area contributed by atoms with Crippen LogP contribution >= 0.6 is 22.9 Å². The number of anilines is 1. The Morgan fingerprint density at radius 1 is 1.53 bits per heavy atom. The number of amides is 1. The Morgan fingerprint density at radius 3 is 2.84 bits per heavy atom. The number of nitrogens with two attached hydrogens (primary N) is 1. The molecule has 0 spiro atoms. The summed E-state index contributed by atoms with van der Waals surface area (Å²) in [7, 11) is 0. The molecule has 2 aromatic rings. The van der Waals surface area contributed by atoms with Gasteiger partial charge in [0.05, 0.1) is 16.8 Å². The predicted octanol–water partition coefficient (Wildman–Crippen LogP) is 3.38. The summed E-state index contributed by atoms with van der Waals surface area (Å²) in [6, 6.07) is 5.28. The topological polar surface area (TPSA) is 68.0 Å². The first kappa shape index (κ1) is 14.0. The molecule has 1 atom stereocenters. The van der Waals surface area contributed by atoms with E-state index >= 15 is 0 Å². The van der Waals surface area contributed by atoms with Gasteiger partial charge in [-0.3, -0.25) is 4.79 Å². The van der Waals surface area contributed by atoms with Crippen LogP contribution in [0.2, 0.25) is 5.02 Å². The fourth-order valence-corrected chi connectivity index (χ4v) is 2.55. The Hall–Kier alpha value is -1.43. The van der Waals surface area contributed by atoms with Gasteiger partial charge in [0.25, 0.3) is 5.91 Å². The molecule has 1 aromatic carbocycles. The molecule has 0 radical (unpaired) electrons. The minimum Gasteiger partial charge on any atom is -0.322 e. The van der Waals surface area contributed by atoms with E-state index in [4.69, 9.17) is 17.3 Å². The first-order valence-corrected chi connectivity index (χ1v) is 7.01. The molecule has 3 N–H and O–H groups in total. The van der Waals surface area contributed by atoms with Crippen LogP contribution < -0.4 is 11.1 Å². The highest BCUT2D eigenvalue weighted by Gasteiger charge is 2.14. The van der Waals surface area contributed by atoms with Crippen LogP contribution in [0.15, 0.2) is 23.6 Å². The highest BCUT2D eigenvalue weighted by atomic mass is 35.5. The lowest BCUT2D eigenvalue weighted by Gasteiger charge is -2.06.